The summed E-state index contributed by atoms with van der Waals surface area (Å²) in [6.45, 7) is 4.15. The van der Waals surface area contributed by atoms with Crippen LogP contribution in [0.15, 0.2) is 18.2 Å². The van der Waals surface area contributed by atoms with Crippen LogP contribution in [-0.2, 0) is 0 Å². The Bertz CT molecular complexity index is 425. The molecular weight excluding hydrogens is 245 g/mol. The molecule has 1 aromatic rings. The first-order chi connectivity index (χ1) is 8.36. The summed E-state index contributed by atoms with van der Waals surface area (Å²) < 4.78 is 42.1. The van der Waals surface area contributed by atoms with Gasteiger partial charge in [-0.1, -0.05) is 13.3 Å². The van der Waals surface area contributed by atoms with Crippen LogP contribution in [0.1, 0.15) is 35.7 Å². The molecular formula is C13H15F3O2. The van der Waals surface area contributed by atoms with E-state index in [4.69, 9.17) is 4.74 Å². The Morgan fingerprint density at radius 3 is 2.50 bits per heavy atom. The lowest BCUT2D eigenvalue weighted by molar-refractivity contribution is -0.0885. The first-order valence-corrected chi connectivity index (χ1v) is 5.71. The van der Waals surface area contributed by atoms with Crippen molar-refractivity contribution in [3.05, 3.63) is 29.3 Å². The standard InChI is InChI=1S/C13H15F3O2/c1-3-4-7-18-11-6-5-10(8-9(11)2)12(17)13(14,15)16/h5-6,8H,3-4,7H2,1-2H3. The van der Waals surface area contributed by atoms with Crippen LogP contribution in [0.2, 0.25) is 0 Å². The van der Waals surface area contributed by atoms with Gasteiger partial charge in [0.25, 0.3) is 5.78 Å². The number of alkyl halides is 3. The minimum absolute atomic E-state index is 0.358. The Hall–Kier alpha value is -1.52. The number of ether oxygens (including phenoxy) is 1. The number of benzene rings is 1. The molecule has 0 radical (unpaired) electrons. The fourth-order valence-electron chi connectivity index (χ4n) is 1.44. The van der Waals surface area contributed by atoms with Gasteiger partial charge in [-0.2, -0.15) is 13.2 Å². The number of hydrogen-bond acceptors (Lipinski definition) is 2. The Kier molecular flexibility index (Phi) is 4.76. The van der Waals surface area contributed by atoms with E-state index in [9.17, 15) is 18.0 Å². The Balaban J connectivity index is 2.82. The fraction of sp³-hybridized carbons (Fsp3) is 0.462. The molecule has 1 aromatic carbocycles. The molecule has 0 fully saturated rings. The van der Waals surface area contributed by atoms with Crippen molar-refractivity contribution in [1.82, 2.24) is 0 Å². The third kappa shape index (κ3) is 3.75. The van der Waals surface area contributed by atoms with Crippen molar-refractivity contribution in [2.75, 3.05) is 6.61 Å². The molecule has 5 heteroatoms. The highest BCUT2D eigenvalue weighted by Crippen LogP contribution is 2.25. The summed E-state index contributed by atoms with van der Waals surface area (Å²) in [4.78, 5) is 11.0. The van der Waals surface area contributed by atoms with E-state index in [1.165, 1.54) is 12.1 Å². The number of Topliss-reactive ketones (excluding diaryl/α,β-unsaturated/α-hetero) is 1. The number of ketones is 1. The van der Waals surface area contributed by atoms with Gasteiger partial charge in [-0.15, -0.1) is 0 Å². The molecule has 0 saturated heterocycles. The number of carbonyl (C=O) groups excluding carboxylic acids is 1. The Morgan fingerprint density at radius 2 is 2.00 bits per heavy atom. The zero-order valence-corrected chi connectivity index (χ0v) is 10.3. The molecule has 0 saturated carbocycles. The van der Waals surface area contributed by atoms with Gasteiger partial charge in [-0.3, -0.25) is 4.79 Å². The number of halogens is 3. The highest BCUT2D eigenvalue weighted by molar-refractivity contribution is 6.00. The molecule has 0 N–H and O–H groups in total. The van der Waals surface area contributed by atoms with Crippen LogP contribution in [0.4, 0.5) is 13.2 Å². The van der Waals surface area contributed by atoms with Gasteiger partial charge >= 0.3 is 6.18 Å². The average Bonchev–Trinajstić information content (AvgIpc) is 2.29. The first-order valence-electron chi connectivity index (χ1n) is 5.71. The minimum atomic E-state index is -4.84. The van der Waals surface area contributed by atoms with Crippen LogP contribution in [0.25, 0.3) is 0 Å². The second-order valence-electron chi connectivity index (χ2n) is 4.01. The number of aryl methyl sites for hydroxylation is 1. The third-order valence-corrected chi connectivity index (χ3v) is 2.45. The maximum atomic E-state index is 12.2. The molecule has 0 spiro atoms. The zero-order valence-electron chi connectivity index (χ0n) is 10.3. The van der Waals surface area contributed by atoms with Crippen molar-refractivity contribution in [3.8, 4) is 5.75 Å². The van der Waals surface area contributed by atoms with Crippen LogP contribution < -0.4 is 4.74 Å². The van der Waals surface area contributed by atoms with Crippen LogP contribution in [0, 0.1) is 6.92 Å². The first kappa shape index (κ1) is 14.5. The molecule has 0 aromatic heterocycles. The SMILES string of the molecule is CCCCOc1ccc(C(=O)C(F)(F)F)cc1C. The molecule has 0 atom stereocenters. The normalized spacial score (nSPS) is 11.4. The van der Waals surface area contributed by atoms with Gasteiger partial charge in [-0.05, 0) is 37.1 Å². The predicted octanol–water partition coefficient (Wildman–Crippen LogP) is 3.92. The lowest BCUT2D eigenvalue weighted by Gasteiger charge is -2.11. The predicted molar refractivity (Wildman–Crippen MR) is 62.0 cm³/mol. The third-order valence-electron chi connectivity index (χ3n) is 2.45. The van der Waals surface area contributed by atoms with Crippen LogP contribution in [-0.4, -0.2) is 18.6 Å². The number of rotatable bonds is 5. The second-order valence-corrected chi connectivity index (χ2v) is 4.01. The van der Waals surface area contributed by atoms with Gasteiger partial charge in [0, 0.05) is 5.56 Å². The van der Waals surface area contributed by atoms with E-state index in [0.717, 1.165) is 18.9 Å². The van der Waals surface area contributed by atoms with Crippen LogP contribution >= 0.6 is 0 Å². The zero-order chi connectivity index (χ0) is 13.8. The second kappa shape index (κ2) is 5.89. The van der Waals surface area contributed by atoms with Crippen molar-refractivity contribution in [2.45, 2.75) is 32.9 Å². The van der Waals surface area contributed by atoms with E-state index in [0.29, 0.717) is 17.9 Å². The van der Waals surface area contributed by atoms with E-state index in [1.54, 1.807) is 6.92 Å². The van der Waals surface area contributed by atoms with E-state index in [2.05, 4.69) is 0 Å². The van der Waals surface area contributed by atoms with E-state index in [1.807, 2.05) is 6.92 Å². The Morgan fingerprint density at radius 1 is 1.33 bits per heavy atom. The van der Waals surface area contributed by atoms with E-state index >= 15 is 0 Å². The van der Waals surface area contributed by atoms with Crippen LogP contribution in [0.3, 0.4) is 0 Å². The van der Waals surface area contributed by atoms with Gasteiger partial charge < -0.3 is 4.74 Å². The molecule has 2 nitrogen and oxygen atoms in total. The molecule has 0 aliphatic heterocycles. The number of unbranched alkanes of at least 4 members (excludes halogenated alkanes) is 1. The summed E-state index contributed by atoms with van der Waals surface area (Å²) >= 11 is 0. The maximum absolute atomic E-state index is 12.2. The van der Waals surface area contributed by atoms with E-state index in [-0.39, 0.29) is 5.56 Å². The number of carbonyl (C=O) groups is 1. The molecule has 1 rings (SSSR count). The van der Waals surface area contributed by atoms with Crippen molar-refractivity contribution in [2.24, 2.45) is 0 Å². The summed E-state index contributed by atoms with van der Waals surface area (Å²) in [6.07, 6.45) is -2.98. The van der Waals surface area contributed by atoms with Gasteiger partial charge in [-0.25, -0.2) is 0 Å². The number of hydrogen-bond donors (Lipinski definition) is 0. The summed E-state index contributed by atoms with van der Waals surface area (Å²) in [5.74, 6) is -1.31. The summed E-state index contributed by atoms with van der Waals surface area (Å²) in [7, 11) is 0. The lowest BCUT2D eigenvalue weighted by atomic mass is 10.1. The lowest BCUT2D eigenvalue weighted by Crippen LogP contribution is -2.22. The summed E-state index contributed by atoms with van der Waals surface area (Å²) in [5, 5.41) is 0. The van der Waals surface area contributed by atoms with Crippen molar-refractivity contribution in [1.29, 1.82) is 0 Å². The Labute approximate surface area is 104 Å². The maximum Gasteiger partial charge on any atom is 0.454 e. The molecule has 100 valence electrons. The summed E-state index contributed by atoms with van der Waals surface area (Å²) in [6, 6.07) is 3.76. The van der Waals surface area contributed by atoms with Gasteiger partial charge in [0.2, 0.25) is 0 Å². The molecule has 18 heavy (non-hydrogen) atoms. The summed E-state index contributed by atoms with van der Waals surface area (Å²) in [5.41, 5.74) is 0.170. The molecule has 0 bridgehead atoms. The van der Waals surface area contributed by atoms with E-state index < -0.39 is 12.0 Å². The minimum Gasteiger partial charge on any atom is -0.493 e. The topological polar surface area (TPSA) is 26.3 Å². The van der Waals surface area contributed by atoms with Gasteiger partial charge in [0.1, 0.15) is 5.75 Å². The highest BCUT2D eigenvalue weighted by Gasteiger charge is 2.39. The quantitative estimate of drug-likeness (QED) is 0.592. The van der Waals surface area contributed by atoms with Crippen molar-refractivity contribution < 1.29 is 22.7 Å². The fourth-order valence-corrected chi connectivity index (χ4v) is 1.44. The van der Waals surface area contributed by atoms with Crippen LogP contribution in [0.5, 0.6) is 5.75 Å². The van der Waals surface area contributed by atoms with Gasteiger partial charge in [0.15, 0.2) is 0 Å². The van der Waals surface area contributed by atoms with Crippen molar-refractivity contribution >= 4 is 5.78 Å². The largest absolute Gasteiger partial charge is 0.493 e. The average molecular weight is 260 g/mol. The van der Waals surface area contributed by atoms with Crippen molar-refractivity contribution in [3.63, 3.8) is 0 Å². The molecule has 0 aliphatic rings. The molecule has 0 unspecified atom stereocenters. The molecule has 0 heterocycles. The van der Waals surface area contributed by atoms with Gasteiger partial charge in [0.05, 0.1) is 6.61 Å². The molecule has 0 amide bonds. The smallest absolute Gasteiger partial charge is 0.454 e. The highest BCUT2D eigenvalue weighted by atomic mass is 19.4. The monoisotopic (exact) mass is 260 g/mol. The molecule has 0 aliphatic carbocycles.